The number of carbonyl (C=O) groups is 3. The van der Waals surface area contributed by atoms with Crippen LogP contribution >= 0.6 is 11.3 Å². The fourth-order valence-electron chi connectivity index (χ4n) is 1.90. The Bertz CT molecular complexity index is 585. The molecule has 1 aliphatic rings. The first-order valence-electron chi connectivity index (χ1n) is 7.06. The van der Waals surface area contributed by atoms with Crippen LogP contribution in [0.5, 0.6) is 0 Å². The number of aliphatic carboxylic acids is 1. The number of carbonyl (C=O) groups excluding carboxylic acids is 2. The molecule has 9 nitrogen and oxygen atoms in total. The number of thiazole rings is 1. The highest BCUT2D eigenvalue weighted by Gasteiger charge is 2.19. The highest BCUT2D eigenvalue weighted by Crippen LogP contribution is 2.16. The van der Waals surface area contributed by atoms with E-state index in [-0.39, 0.29) is 12.5 Å². The molecule has 3 amide bonds. The van der Waals surface area contributed by atoms with Crippen molar-refractivity contribution >= 4 is 34.4 Å². The summed E-state index contributed by atoms with van der Waals surface area (Å²) < 4.78 is 5.18. The van der Waals surface area contributed by atoms with Crippen molar-refractivity contribution in [3.8, 4) is 0 Å². The Labute approximate surface area is 136 Å². The van der Waals surface area contributed by atoms with Crippen molar-refractivity contribution in [3.05, 3.63) is 11.1 Å². The summed E-state index contributed by atoms with van der Waals surface area (Å²) in [6.07, 6.45) is -0.0401. The van der Waals surface area contributed by atoms with Crippen LogP contribution in [-0.2, 0) is 20.7 Å². The third-order valence-corrected chi connectivity index (χ3v) is 3.96. The van der Waals surface area contributed by atoms with E-state index in [9.17, 15) is 14.4 Å². The summed E-state index contributed by atoms with van der Waals surface area (Å²) in [7, 11) is 0. The number of amides is 3. The second-order valence-corrected chi connectivity index (χ2v) is 5.84. The lowest BCUT2D eigenvalue weighted by atomic mass is 10.3. The quantitative estimate of drug-likeness (QED) is 0.700. The molecule has 1 saturated heterocycles. The van der Waals surface area contributed by atoms with Gasteiger partial charge in [-0.05, 0) is 6.92 Å². The molecular formula is C13H18N4O5S. The summed E-state index contributed by atoms with van der Waals surface area (Å²) in [6, 6.07) is -1.21. The predicted octanol–water partition coefficient (Wildman–Crippen LogP) is 0.139. The van der Waals surface area contributed by atoms with Crippen molar-refractivity contribution in [1.29, 1.82) is 0 Å². The summed E-state index contributed by atoms with van der Waals surface area (Å²) in [4.78, 5) is 40.1. The fourth-order valence-corrected chi connectivity index (χ4v) is 2.60. The summed E-state index contributed by atoms with van der Waals surface area (Å²) in [5.41, 5.74) is 0.474. The molecule has 0 radical (unpaired) electrons. The first kappa shape index (κ1) is 17.2. The molecule has 126 valence electrons. The van der Waals surface area contributed by atoms with Gasteiger partial charge in [-0.1, -0.05) is 0 Å². The zero-order chi connectivity index (χ0) is 16.8. The highest BCUT2D eigenvalue weighted by molar-refractivity contribution is 7.13. The van der Waals surface area contributed by atoms with Gasteiger partial charge in [0.2, 0.25) is 5.91 Å². The van der Waals surface area contributed by atoms with Crippen molar-refractivity contribution in [2.75, 3.05) is 31.6 Å². The molecule has 0 aromatic carbocycles. The molecule has 0 spiro atoms. The van der Waals surface area contributed by atoms with Crippen LogP contribution in [0.15, 0.2) is 5.38 Å². The highest BCUT2D eigenvalue weighted by atomic mass is 32.1. The lowest BCUT2D eigenvalue weighted by Gasteiger charge is -2.26. The van der Waals surface area contributed by atoms with Gasteiger partial charge in [0.05, 0.1) is 25.3 Å². The minimum Gasteiger partial charge on any atom is -0.480 e. The lowest BCUT2D eigenvalue weighted by Crippen LogP contribution is -2.43. The van der Waals surface area contributed by atoms with Crippen LogP contribution in [0.4, 0.5) is 9.93 Å². The molecule has 1 unspecified atom stereocenters. The molecule has 1 aromatic heterocycles. The van der Waals surface area contributed by atoms with E-state index < -0.39 is 17.9 Å². The number of carboxylic acid groups (broad SMARTS) is 1. The van der Waals surface area contributed by atoms with E-state index >= 15 is 0 Å². The molecule has 0 aliphatic carbocycles. The second-order valence-electron chi connectivity index (χ2n) is 4.98. The SMILES string of the molecule is CC(NC(=O)Cc1csc(NC(=O)N2CCOCC2)n1)C(=O)O. The van der Waals surface area contributed by atoms with Crippen molar-refractivity contribution in [2.45, 2.75) is 19.4 Å². The number of morpholine rings is 1. The van der Waals surface area contributed by atoms with E-state index in [0.717, 1.165) is 0 Å². The van der Waals surface area contributed by atoms with Crippen molar-refractivity contribution in [3.63, 3.8) is 0 Å². The van der Waals surface area contributed by atoms with Gasteiger partial charge in [0.1, 0.15) is 6.04 Å². The number of hydrogen-bond acceptors (Lipinski definition) is 6. The van der Waals surface area contributed by atoms with Gasteiger partial charge in [-0.3, -0.25) is 14.9 Å². The molecule has 1 aliphatic heterocycles. The molecule has 10 heteroatoms. The molecule has 1 aromatic rings. The molecular weight excluding hydrogens is 324 g/mol. The van der Waals surface area contributed by atoms with Crippen molar-refractivity contribution in [2.24, 2.45) is 0 Å². The van der Waals surface area contributed by atoms with Crippen molar-refractivity contribution in [1.82, 2.24) is 15.2 Å². The number of rotatable bonds is 5. The van der Waals surface area contributed by atoms with Crippen LogP contribution in [0.2, 0.25) is 0 Å². The Hall–Kier alpha value is -2.20. The number of nitrogens with zero attached hydrogens (tertiary/aromatic N) is 2. The summed E-state index contributed by atoms with van der Waals surface area (Å²) >= 11 is 1.21. The normalized spacial score (nSPS) is 15.8. The number of anilines is 1. The van der Waals surface area contributed by atoms with E-state index in [4.69, 9.17) is 9.84 Å². The maximum Gasteiger partial charge on any atom is 0.325 e. The lowest BCUT2D eigenvalue weighted by molar-refractivity contribution is -0.141. The minimum absolute atomic E-state index is 0.0401. The molecule has 1 atom stereocenters. The molecule has 23 heavy (non-hydrogen) atoms. The number of hydrogen-bond donors (Lipinski definition) is 3. The van der Waals surface area contributed by atoms with Gasteiger partial charge in [-0.2, -0.15) is 0 Å². The van der Waals surface area contributed by atoms with Gasteiger partial charge in [0.15, 0.2) is 5.13 Å². The Morgan fingerprint density at radius 3 is 2.78 bits per heavy atom. The number of ether oxygens (including phenoxy) is 1. The topological polar surface area (TPSA) is 121 Å². The van der Waals surface area contributed by atoms with Gasteiger partial charge >= 0.3 is 12.0 Å². The minimum atomic E-state index is -1.10. The van der Waals surface area contributed by atoms with Crippen LogP contribution in [-0.4, -0.2) is 65.2 Å². The van der Waals surface area contributed by atoms with E-state index in [1.165, 1.54) is 18.3 Å². The van der Waals surface area contributed by atoms with Crippen molar-refractivity contribution < 1.29 is 24.2 Å². The summed E-state index contributed by atoms with van der Waals surface area (Å²) in [6.45, 7) is 3.46. The van der Waals surface area contributed by atoms with Gasteiger partial charge in [-0.15, -0.1) is 11.3 Å². The standard InChI is InChI=1S/C13H18N4O5S/c1-8(11(19)20)14-10(18)6-9-7-23-12(15-9)16-13(21)17-2-4-22-5-3-17/h7-8H,2-6H2,1H3,(H,14,18)(H,19,20)(H,15,16,21). The number of carboxylic acids is 1. The average molecular weight is 342 g/mol. The summed E-state index contributed by atoms with van der Waals surface area (Å²) in [5.74, 6) is -1.54. The third-order valence-electron chi connectivity index (χ3n) is 3.15. The smallest absolute Gasteiger partial charge is 0.325 e. The van der Waals surface area contributed by atoms with Crippen LogP contribution < -0.4 is 10.6 Å². The molecule has 0 saturated carbocycles. The van der Waals surface area contributed by atoms with Gasteiger partial charge in [0, 0.05) is 18.5 Å². The van der Waals surface area contributed by atoms with Crippen LogP contribution in [0.3, 0.4) is 0 Å². The van der Waals surface area contributed by atoms with E-state index in [0.29, 0.717) is 37.1 Å². The maximum atomic E-state index is 12.0. The Morgan fingerprint density at radius 2 is 2.13 bits per heavy atom. The number of nitrogens with one attached hydrogen (secondary N) is 2. The van der Waals surface area contributed by atoms with Crippen LogP contribution in [0.25, 0.3) is 0 Å². The van der Waals surface area contributed by atoms with Crippen LogP contribution in [0, 0.1) is 0 Å². The van der Waals surface area contributed by atoms with E-state index in [1.54, 1.807) is 10.3 Å². The second kappa shape index (κ2) is 7.88. The zero-order valence-electron chi connectivity index (χ0n) is 12.6. The third kappa shape index (κ3) is 5.18. The molecule has 2 rings (SSSR count). The monoisotopic (exact) mass is 342 g/mol. The molecule has 2 heterocycles. The molecule has 3 N–H and O–H groups in total. The molecule has 1 fully saturated rings. The predicted molar refractivity (Wildman–Crippen MR) is 82.5 cm³/mol. The average Bonchev–Trinajstić information content (AvgIpc) is 2.94. The zero-order valence-corrected chi connectivity index (χ0v) is 13.4. The molecule has 0 bridgehead atoms. The first-order valence-corrected chi connectivity index (χ1v) is 7.94. The maximum absolute atomic E-state index is 12.0. The van der Waals surface area contributed by atoms with Gasteiger partial charge in [-0.25, -0.2) is 9.78 Å². The summed E-state index contributed by atoms with van der Waals surface area (Å²) in [5, 5.41) is 15.8. The van der Waals surface area contributed by atoms with Gasteiger partial charge in [0.25, 0.3) is 0 Å². The fraction of sp³-hybridized carbons (Fsp3) is 0.538. The number of aromatic nitrogens is 1. The number of urea groups is 1. The van der Waals surface area contributed by atoms with Crippen LogP contribution in [0.1, 0.15) is 12.6 Å². The van der Waals surface area contributed by atoms with Gasteiger partial charge < -0.3 is 20.1 Å². The first-order chi connectivity index (χ1) is 11.0. The van der Waals surface area contributed by atoms with E-state index in [1.807, 2.05) is 0 Å². The Balaban J connectivity index is 1.84. The Kier molecular flexibility index (Phi) is 5.88. The Morgan fingerprint density at radius 1 is 1.43 bits per heavy atom. The van der Waals surface area contributed by atoms with E-state index in [2.05, 4.69) is 15.6 Å². The largest absolute Gasteiger partial charge is 0.480 e.